The third kappa shape index (κ3) is 4.13. The van der Waals surface area contributed by atoms with Crippen LogP contribution in [-0.4, -0.2) is 31.2 Å². The van der Waals surface area contributed by atoms with Gasteiger partial charge in [-0.25, -0.2) is 4.79 Å². The van der Waals surface area contributed by atoms with Gasteiger partial charge in [-0.15, -0.1) is 11.8 Å². The van der Waals surface area contributed by atoms with Gasteiger partial charge in [-0.05, 0) is 49.6 Å². The number of ketones is 1. The Bertz CT molecular complexity index is 694. The second kappa shape index (κ2) is 7.83. The van der Waals surface area contributed by atoms with Crippen molar-refractivity contribution in [2.45, 2.75) is 17.9 Å². The molecule has 0 bridgehead atoms. The molecule has 5 heteroatoms. The van der Waals surface area contributed by atoms with E-state index in [1.165, 1.54) is 11.8 Å². The minimum atomic E-state index is -0.856. The first-order valence-electron chi connectivity index (χ1n) is 7.09. The lowest BCUT2D eigenvalue weighted by atomic mass is 10.1. The van der Waals surface area contributed by atoms with Crippen molar-refractivity contribution in [2.24, 2.45) is 0 Å². The predicted octanol–water partition coefficient (Wildman–Crippen LogP) is 3.85. The molecule has 0 unspecified atom stereocenters. The largest absolute Gasteiger partial charge is 0.497 e. The summed E-state index contributed by atoms with van der Waals surface area (Å²) >= 11 is 1.46. The first kappa shape index (κ1) is 17.1. The molecule has 0 aliphatic carbocycles. The minimum absolute atomic E-state index is 0.248. The molecule has 0 amide bonds. The van der Waals surface area contributed by atoms with Crippen LogP contribution in [0.1, 0.15) is 27.6 Å². The average Bonchev–Trinajstić information content (AvgIpc) is 2.60. The average molecular weight is 330 g/mol. The number of esters is 1. The van der Waals surface area contributed by atoms with Gasteiger partial charge in [0.05, 0.1) is 12.7 Å². The molecular weight excluding hydrogens is 312 g/mol. The van der Waals surface area contributed by atoms with E-state index in [1.807, 2.05) is 18.4 Å². The number of carbonyl (C=O) groups excluding carboxylic acids is 2. The van der Waals surface area contributed by atoms with E-state index in [1.54, 1.807) is 50.4 Å². The summed E-state index contributed by atoms with van der Waals surface area (Å²) in [6.45, 7) is 1.58. The molecule has 120 valence electrons. The van der Waals surface area contributed by atoms with Gasteiger partial charge in [0, 0.05) is 10.5 Å². The van der Waals surface area contributed by atoms with Gasteiger partial charge in [-0.1, -0.05) is 12.1 Å². The highest BCUT2D eigenvalue weighted by atomic mass is 32.2. The van der Waals surface area contributed by atoms with Crippen LogP contribution in [0.2, 0.25) is 0 Å². The highest BCUT2D eigenvalue weighted by Crippen LogP contribution is 2.21. The first-order chi connectivity index (χ1) is 11.1. The second-order valence-corrected chi connectivity index (χ2v) is 5.69. The molecule has 0 saturated carbocycles. The maximum absolute atomic E-state index is 12.3. The molecule has 2 rings (SSSR count). The lowest BCUT2D eigenvalue weighted by Gasteiger charge is -2.14. The number of thioether (sulfide) groups is 1. The molecule has 0 fully saturated rings. The third-order valence-corrected chi connectivity index (χ3v) is 4.15. The van der Waals surface area contributed by atoms with Crippen LogP contribution in [-0.2, 0) is 4.74 Å². The standard InChI is InChI=1S/C18H18O4S/c1-12(17(19)13-8-10-14(21-2)11-9-13)22-18(20)15-6-4-5-7-16(15)23-3/h4-12H,1-3H3/t12-/m0/s1. The molecule has 2 aromatic carbocycles. The maximum Gasteiger partial charge on any atom is 0.339 e. The van der Waals surface area contributed by atoms with E-state index in [4.69, 9.17) is 9.47 Å². The Kier molecular flexibility index (Phi) is 5.82. The molecule has 0 heterocycles. The molecule has 1 atom stereocenters. The van der Waals surface area contributed by atoms with Gasteiger partial charge in [0.1, 0.15) is 5.75 Å². The van der Waals surface area contributed by atoms with Crippen LogP contribution in [0, 0.1) is 0 Å². The van der Waals surface area contributed by atoms with Crippen LogP contribution in [0.3, 0.4) is 0 Å². The molecule has 0 radical (unpaired) electrons. The summed E-state index contributed by atoms with van der Waals surface area (Å²) < 4.78 is 10.4. The summed E-state index contributed by atoms with van der Waals surface area (Å²) in [6.07, 6.45) is 1.03. The van der Waals surface area contributed by atoms with Crippen LogP contribution >= 0.6 is 11.8 Å². The lowest BCUT2D eigenvalue weighted by Crippen LogP contribution is -2.24. The van der Waals surface area contributed by atoms with Crippen LogP contribution in [0.5, 0.6) is 5.75 Å². The fraction of sp³-hybridized carbons (Fsp3) is 0.222. The third-order valence-electron chi connectivity index (χ3n) is 3.35. The van der Waals surface area contributed by atoms with Crippen molar-refractivity contribution in [3.8, 4) is 5.75 Å². The predicted molar refractivity (Wildman–Crippen MR) is 90.4 cm³/mol. The van der Waals surface area contributed by atoms with E-state index in [0.29, 0.717) is 16.9 Å². The molecular formula is C18H18O4S. The van der Waals surface area contributed by atoms with Crippen molar-refractivity contribution in [1.82, 2.24) is 0 Å². The van der Waals surface area contributed by atoms with Gasteiger partial charge in [0.25, 0.3) is 0 Å². The summed E-state index contributed by atoms with van der Waals surface area (Å²) in [7, 11) is 1.56. The van der Waals surface area contributed by atoms with Gasteiger partial charge in [-0.3, -0.25) is 4.79 Å². The van der Waals surface area contributed by atoms with E-state index < -0.39 is 12.1 Å². The number of hydrogen-bond acceptors (Lipinski definition) is 5. The smallest absolute Gasteiger partial charge is 0.339 e. The Hall–Kier alpha value is -2.27. The highest BCUT2D eigenvalue weighted by Gasteiger charge is 2.21. The van der Waals surface area contributed by atoms with E-state index in [0.717, 1.165) is 4.90 Å². The van der Waals surface area contributed by atoms with Crippen LogP contribution < -0.4 is 4.74 Å². The number of rotatable bonds is 6. The molecule has 0 spiro atoms. The Morgan fingerprint density at radius 2 is 1.70 bits per heavy atom. The Labute approximate surface area is 139 Å². The molecule has 23 heavy (non-hydrogen) atoms. The molecule has 0 saturated heterocycles. The van der Waals surface area contributed by atoms with Crippen LogP contribution in [0.4, 0.5) is 0 Å². The quantitative estimate of drug-likeness (QED) is 0.457. The van der Waals surface area contributed by atoms with Crippen molar-refractivity contribution in [2.75, 3.05) is 13.4 Å². The van der Waals surface area contributed by atoms with Gasteiger partial charge < -0.3 is 9.47 Å². The molecule has 2 aromatic rings. The number of Topliss-reactive ketones (excluding diaryl/α,β-unsaturated/α-hetero) is 1. The van der Waals surface area contributed by atoms with Crippen molar-refractivity contribution in [3.05, 3.63) is 59.7 Å². The molecule has 0 aliphatic rings. The number of ether oxygens (including phenoxy) is 2. The van der Waals surface area contributed by atoms with E-state index in [-0.39, 0.29) is 5.78 Å². The normalized spacial score (nSPS) is 11.6. The summed E-state index contributed by atoms with van der Waals surface area (Å²) in [5.41, 5.74) is 0.943. The zero-order valence-corrected chi connectivity index (χ0v) is 14.1. The Balaban J connectivity index is 2.09. The zero-order chi connectivity index (χ0) is 16.8. The molecule has 0 N–H and O–H groups in total. The fourth-order valence-electron chi connectivity index (χ4n) is 2.08. The zero-order valence-electron chi connectivity index (χ0n) is 13.2. The summed E-state index contributed by atoms with van der Waals surface area (Å²) in [4.78, 5) is 25.4. The van der Waals surface area contributed by atoms with E-state index in [9.17, 15) is 9.59 Å². The van der Waals surface area contributed by atoms with Crippen molar-refractivity contribution in [1.29, 1.82) is 0 Å². The number of hydrogen-bond donors (Lipinski definition) is 0. The topological polar surface area (TPSA) is 52.6 Å². The number of methoxy groups -OCH3 is 1. The molecule has 4 nitrogen and oxygen atoms in total. The van der Waals surface area contributed by atoms with Crippen molar-refractivity contribution in [3.63, 3.8) is 0 Å². The summed E-state index contributed by atoms with van der Waals surface area (Å²) in [5, 5.41) is 0. The van der Waals surface area contributed by atoms with Crippen LogP contribution in [0.25, 0.3) is 0 Å². The van der Waals surface area contributed by atoms with Crippen LogP contribution in [0.15, 0.2) is 53.4 Å². The summed E-state index contributed by atoms with van der Waals surface area (Å²) in [6, 6.07) is 13.9. The van der Waals surface area contributed by atoms with Gasteiger partial charge in [0.2, 0.25) is 5.78 Å². The van der Waals surface area contributed by atoms with E-state index in [2.05, 4.69) is 0 Å². The highest BCUT2D eigenvalue weighted by molar-refractivity contribution is 7.98. The lowest BCUT2D eigenvalue weighted by molar-refractivity contribution is 0.0315. The minimum Gasteiger partial charge on any atom is -0.497 e. The van der Waals surface area contributed by atoms with E-state index >= 15 is 0 Å². The maximum atomic E-state index is 12.3. The van der Waals surface area contributed by atoms with Crippen molar-refractivity contribution < 1.29 is 19.1 Å². The van der Waals surface area contributed by atoms with Gasteiger partial charge >= 0.3 is 5.97 Å². The number of carbonyl (C=O) groups is 2. The molecule has 0 aliphatic heterocycles. The summed E-state index contributed by atoms with van der Waals surface area (Å²) in [5.74, 6) is -0.0768. The number of benzene rings is 2. The Morgan fingerprint density at radius 3 is 2.30 bits per heavy atom. The van der Waals surface area contributed by atoms with Gasteiger partial charge in [0.15, 0.2) is 6.10 Å². The SMILES string of the molecule is COc1ccc(C(=O)[C@H](C)OC(=O)c2ccccc2SC)cc1. The Morgan fingerprint density at radius 1 is 1.04 bits per heavy atom. The monoisotopic (exact) mass is 330 g/mol. The second-order valence-electron chi connectivity index (χ2n) is 4.84. The molecule has 0 aromatic heterocycles. The fourth-order valence-corrected chi connectivity index (χ4v) is 2.67. The van der Waals surface area contributed by atoms with Gasteiger partial charge in [-0.2, -0.15) is 0 Å². The first-order valence-corrected chi connectivity index (χ1v) is 8.31. The van der Waals surface area contributed by atoms with Crippen molar-refractivity contribution >= 4 is 23.5 Å².